The Kier molecular flexibility index (Phi) is 2.30. The smallest absolute Gasteiger partial charge is 0.0975 e. The van der Waals surface area contributed by atoms with Gasteiger partial charge in [-0.1, -0.05) is 6.42 Å². The minimum Gasteiger partial charge on any atom is -0.312 e. The van der Waals surface area contributed by atoms with Gasteiger partial charge < -0.3 is 5.32 Å². The van der Waals surface area contributed by atoms with Crippen LogP contribution in [0.2, 0.25) is 0 Å². The molecule has 0 aliphatic carbocycles. The highest BCUT2D eigenvalue weighted by atomic mass is 16.3. The van der Waals surface area contributed by atoms with Crippen LogP contribution < -0.4 is 5.32 Å². The molecule has 0 aromatic rings. The van der Waals surface area contributed by atoms with Crippen molar-refractivity contribution in [3.8, 4) is 0 Å². The van der Waals surface area contributed by atoms with Gasteiger partial charge in [0.15, 0.2) is 0 Å². The van der Waals surface area contributed by atoms with Crippen molar-refractivity contribution >= 4 is 0 Å². The maximum Gasteiger partial charge on any atom is 0.0975 e. The monoisotopic (exact) mass is 114 g/mol. The van der Waals surface area contributed by atoms with Crippen LogP contribution >= 0.6 is 0 Å². The predicted molar refractivity (Wildman–Crippen MR) is 31.2 cm³/mol. The van der Waals surface area contributed by atoms with Gasteiger partial charge in [0.1, 0.15) is 0 Å². The van der Waals surface area contributed by atoms with Gasteiger partial charge in [0, 0.05) is 6.04 Å². The molecule has 1 heterocycles. The lowest BCUT2D eigenvalue weighted by Gasteiger charge is -2.19. The summed E-state index contributed by atoms with van der Waals surface area (Å²) in [5.41, 5.74) is 0. The first kappa shape index (κ1) is 6.05. The third-order valence-electron chi connectivity index (χ3n) is 1.61. The molecule has 0 spiro atoms. The summed E-state index contributed by atoms with van der Waals surface area (Å²) in [5.74, 6) is 0. The molecule has 0 aromatic carbocycles. The molecule has 0 amide bonds. The van der Waals surface area contributed by atoms with Gasteiger partial charge in [-0.15, -0.1) is 0 Å². The summed E-state index contributed by atoms with van der Waals surface area (Å²) in [6.07, 6.45) is 3.57. The van der Waals surface area contributed by atoms with Crippen molar-refractivity contribution in [3.05, 3.63) is 0 Å². The van der Waals surface area contributed by atoms with Gasteiger partial charge in [0.25, 0.3) is 0 Å². The van der Waals surface area contributed by atoms with Crippen molar-refractivity contribution in [1.29, 1.82) is 0 Å². The van der Waals surface area contributed by atoms with Crippen LogP contribution in [0.5, 0.6) is 0 Å². The first-order chi connectivity index (χ1) is 3.93. The summed E-state index contributed by atoms with van der Waals surface area (Å²) < 4.78 is 0. The highest BCUT2D eigenvalue weighted by Crippen LogP contribution is 2.05. The number of piperidine rings is 1. The molecule has 8 heavy (non-hydrogen) atoms. The average Bonchev–Trinajstić information content (AvgIpc) is 1.90. The fraction of sp³-hybridized carbons (Fsp3) is 1.00. The molecule has 1 radical (unpaired) electrons. The quantitative estimate of drug-likeness (QED) is 0.530. The Hall–Kier alpha value is -0.0800. The van der Waals surface area contributed by atoms with Gasteiger partial charge in [0.2, 0.25) is 0 Å². The average molecular weight is 114 g/mol. The molecule has 2 nitrogen and oxygen atoms in total. The summed E-state index contributed by atoms with van der Waals surface area (Å²) in [6.45, 7) is 1.10. The largest absolute Gasteiger partial charge is 0.312 e. The second-order valence-electron chi connectivity index (χ2n) is 2.31. The van der Waals surface area contributed by atoms with Crippen LogP contribution in [-0.2, 0) is 5.11 Å². The predicted octanol–water partition coefficient (Wildman–Crippen LogP) is 0.559. The van der Waals surface area contributed by atoms with E-state index < -0.39 is 0 Å². The molecule has 1 unspecified atom stereocenters. The number of hydrogen-bond donors (Lipinski definition) is 1. The molecule has 1 N–H and O–H groups in total. The lowest BCUT2D eigenvalue weighted by atomic mass is 10.1. The lowest BCUT2D eigenvalue weighted by molar-refractivity contribution is 0.145. The van der Waals surface area contributed by atoms with E-state index in [4.69, 9.17) is 0 Å². The molecule has 1 atom stereocenters. The fourth-order valence-electron chi connectivity index (χ4n) is 1.07. The van der Waals surface area contributed by atoms with Crippen LogP contribution in [0.3, 0.4) is 0 Å². The van der Waals surface area contributed by atoms with Crippen molar-refractivity contribution in [2.45, 2.75) is 25.3 Å². The molecule has 1 fully saturated rings. The minimum absolute atomic E-state index is 0.0556. The SMILES string of the molecule is [O]CC1CCCCN1. The van der Waals surface area contributed by atoms with Crippen molar-refractivity contribution in [2.75, 3.05) is 13.2 Å². The van der Waals surface area contributed by atoms with Gasteiger partial charge >= 0.3 is 0 Å². The molecular weight excluding hydrogens is 102 g/mol. The molecular formula is C6H12NO. The Balaban J connectivity index is 2.13. The molecule has 0 bridgehead atoms. The van der Waals surface area contributed by atoms with Crippen molar-refractivity contribution in [2.24, 2.45) is 0 Å². The molecule has 0 saturated carbocycles. The van der Waals surface area contributed by atoms with Crippen LogP contribution in [0.25, 0.3) is 0 Å². The Morgan fingerprint density at radius 2 is 2.38 bits per heavy atom. The molecule has 47 valence electrons. The fourth-order valence-corrected chi connectivity index (χ4v) is 1.07. The maximum absolute atomic E-state index is 10.2. The molecule has 1 aliphatic heterocycles. The molecule has 0 aromatic heterocycles. The molecule has 1 rings (SSSR count). The first-order valence-electron chi connectivity index (χ1n) is 3.25. The Labute approximate surface area is 49.9 Å². The van der Waals surface area contributed by atoms with E-state index in [1.54, 1.807) is 0 Å². The van der Waals surface area contributed by atoms with E-state index >= 15 is 0 Å². The summed E-state index contributed by atoms with van der Waals surface area (Å²) in [7, 11) is 0. The van der Waals surface area contributed by atoms with E-state index in [9.17, 15) is 5.11 Å². The second-order valence-corrected chi connectivity index (χ2v) is 2.31. The Bertz CT molecular complexity index is 59.5. The van der Waals surface area contributed by atoms with Crippen LogP contribution in [0.1, 0.15) is 19.3 Å². The zero-order chi connectivity index (χ0) is 5.82. The standard InChI is InChI=1S/C6H12NO/c8-5-6-3-1-2-4-7-6/h6-7H,1-5H2. The summed E-state index contributed by atoms with van der Waals surface area (Å²) >= 11 is 0. The van der Waals surface area contributed by atoms with E-state index in [0.717, 1.165) is 13.0 Å². The molecule has 2 heteroatoms. The third kappa shape index (κ3) is 1.46. The van der Waals surface area contributed by atoms with Gasteiger partial charge in [-0.05, 0) is 19.4 Å². The number of nitrogens with one attached hydrogen (secondary N) is 1. The zero-order valence-electron chi connectivity index (χ0n) is 5.02. The summed E-state index contributed by atoms with van der Waals surface area (Å²) in [4.78, 5) is 0. The summed E-state index contributed by atoms with van der Waals surface area (Å²) in [5, 5.41) is 13.4. The van der Waals surface area contributed by atoms with Crippen LogP contribution in [0.4, 0.5) is 0 Å². The van der Waals surface area contributed by atoms with E-state index in [-0.39, 0.29) is 12.6 Å². The van der Waals surface area contributed by atoms with Crippen molar-refractivity contribution in [3.63, 3.8) is 0 Å². The van der Waals surface area contributed by atoms with Gasteiger partial charge in [-0.2, -0.15) is 0 Å². The van der Waals surface area contributed by atoms with Crippen LogP contribution in [0, 0.1) is 0 Å². The minimum atomic E-state index is 0.0556. The molecule has 1 saturated heterocycles. The van der Waals surface area contributed by atoms with Crippen LogP contribution in [-0.4, -0.2) is 19.2 Å². The van der Waals surface area contributed by atoms with E-state index in [1.807, 2.05) is 0 Å². The Morgan fingerprint density at radius 3 is 2.75 bits per heavy atom. The molecule has 1 aliphatic rings. The van der Waals surface area contributed by atoms with Gasteiger partial charge in [-0.3, -0.25) is 0 Å². The highest BCUT2D eigenvalue weighted by Gasteiger charge is 2.10. The van der Waals surface area contributed by atoms with Gasteiger partial charge in [0.05, 0.1) is 6.61 Å². The topological polar surface area (TPSA) is 31.9 Å². The lowest BCUT2D eigenvalue weighted by Crippen LogP contribution is -2.36. The second kappa shape index (κ2) is 3.05. The van der Waals surface area contributed by atoms with E-state index in [2.05, 4.69) is 5.32 Å². The van der Waals surface area contributed by atoms with Crippen molar-refractivity contribution in [1.82, 2.24) is 5.32 Å². The first-order valence-corrected chi connectivity index (χ1v) is 3.25. The third-order valence-corrected chi connectivity index (χ3v) is 1.61. The number of rotatable bonds is 1. The van der Waals surface area contributed by atoms with Gasteiger partial charge in [-0.25, -0.2) is 5.11 Å². The van der Waals surface area contributed by atoms with Crippen LogP contribution in [0.15, 0.2) is 0 Å². The summed E-state index contributed by atoms with van der Waals surface area (Å²) in [6, 6.07) is 0.281. The Morgan fingerprint density at radius 1 is 1.50 bits per heavy atom. The highest BCUT2D eigenvalue weighted by molar-refractivity contribution is 4.69. The normalized spacial score (nSPS) is 30.4. The number of hydrogen-bond acceptors (Lipinski definition) is 1. The van der Waals surface area contributed by atoms with E-state index in [0.29, 0.717) is 0 Å². The van der Waals surface area contributed by atoms with Crippen molar-refractivity contribution < 1.29 is 5.11 Å². The maximum atomic E-state index is 10.2. The van der Waals surface area contributed by atoms with E-state index in [1.165, 1.54) is 12.8 Å². The zero-order valence-corrected chi connectivity index (χ0v) is 5.02.